The van der Waals surface area contributed by atoms with E-state index in [0.29, 0.717) is 16.8 Å². The SMILES string of the molecule is Cc1nn(C)c2[nH]c(=O)c(CCC(=O)NCc3ccc(OC(F)(F)F)cc3)c(C)c12. The van der Waals surface area contributed by atoms with Crippen LogP contribution in [0.2, 0.25) is 0 Å². The molecule has 3 rings (SSSR count). The standard InChI is InChI=1S/C20H21F3N4O3/c1-11-15(19(29)25-18-17(11)12(2)26-27(18)3)8-9-16(28)24-10-13-4-6-14(7-5-13)30-20(21,22)23/h4-7H,8-10H2,1-3H3,(H,24,28)(H,25,29). The van der Waals surface area contributed by atoms with Crippen LogP contribution in [-0.2, 0) is 24.8 Å². The highest BCUT2D eigenvalue weighted by Gasteiger charge is 2.30. The monoisotopic (exact) mass is 422 g/mol. The van der Waals surface area contributed by atoms with Crippen molar-refractivity contribution in [1.82, 2.24) is 20.1 Å². The molecular weight excluding hydrogens is 401 g/mol. The van der Waals surface area contributed by atoms with Crippen molar-refractivity contribution in [2.45, 2.75) is 39.6 Å². The summed E-state index contributed by atoms with van der Waals surface area (Å²) in [5.74, 6) is -0.596. The van der Waals surface area contributed by atoms with Gasteiger partial charge in [0.25, 0.3) is 5.56 Å². The van der Waals surface area contributed by atoms with Crippen molar-refractivity contribution in [3.63, 3.8) is 0 Å². The second-order valence-corrected chi connectivity index (χ2v) is 6.96. The van der Waals surface area contributed by atoms with Crippen LogP contribution in [-0.4, -0.2) is 27.0 Å². The van der Waals surface area contributed by atoms with E-state index in [9.17, 15) is 22.8 Å². The third-order valence-electron chi connectivity index (χ3n) is 4.80. The van der Waals surface area contributed by atoms with Gasteiger partial charge in [0.15, 0.2) is 0 Å². The topological polar surface area (TPSA) is 89.0 Å². The van der Waals surface area contributed by atoms with Crippen molar-refractivity contribution in [3.05, 3.63) is 57.0 Å². The number of aryl methyl sites for hydroxylation is 3. The molecular formula is C20H21F3N4O3. The van der Waals surface area contributed by atoms with Crippen LogP contribution in [0.5, 0.6) is 5.75 Å². The molecule has 10 heteroatoms. The molecule has 2 aromatic heterocycles. The molecule has 0 bridgehead atoms. The Balaban J connectivity index is 1.60. The highest BCUT2D eigenvalue weighted by molar-refractivity contribution is 5.83. The molecule has 160 valence electrons. The van der Waals surface area contributed by atoms with Crippen LogP contribution in [0.25, 0.3) is 11.0 Å². The molecule has 0 aliphatic carbocycles. The van der Waals surface area contributed by atoms with E-state index < -0.39 is 6.36 Å². The highest BCUT2D eigenvalue weighted by atomic mass is 19.4. The fourth-order valence-electron chi connectivity index (χ4n) is 3.39. The summed E-state index contributed by atoms with van der Waals surface area (Å²) in [7, 11) is 1.75. The number of H-pyrrole nitrogens is 1. The van der Waals surface area contributed by atoms with Crippen LogP contribution in [0.3, 0.4) is 0 Å². The predicted octanol–water partition coefficient (Wildman–Crippen LogP) is 3.03. The maximum Gasteiger partial charge on any atom is 0.573 e. The first-order valence-corrected chi connectivity index (χ1v) is 9.21. The van der Waals surface area contributed by atoms with Crippen molar-refractivity contribution in [2.75, 3.05) is 0 Å². The second kappa shape index (κ2) is 8.21. The van der Waals surface area contributed by atoms with E-state index in [4.69, 9.17) is 0 Å². The lowest BCUT2D eigenvalue weighted by Crippen LogP contribution is -2.25. The quantitative estimate of drug-likeness (QED) is 0.639. The summed E-state index contributed by atoms with van der Waals surface area (Å²) in [6.45, 7) is 3.85. The Hall–Kier alpha value is -3.30. The van der Waals surface area contributed by atoms with Crippen molar-refractivity contribution in [1.29, 1.82) is 0 Å². The van der Waals surface area contributed by atoms with Gasteiger partial charge in [-0.3, -0.25) is 14.3 Å². The Labute approximate surface area is 169 Å². The number of fused-ring (bicyclic) bond motifs is 1. The molecule has 2 heterocycles. The van der Waals surface area contributed by atoms with Gasteiger partial charge >= 0.3 is 6.36 Å². The van der Waals surface area contributed by atoms with Crippen molar-refractivity contribution < 1.29 is 22.7 Å². The maximum atomic E-state index is 12.4. The normalized spacial score (nSPS) is 11.7. The van der Waals surface area contributed by atoms with Crippen molar-refractivity contribution in [2.24, 2.45) is 7.05 Å². The first-order valence-electron chi connectivity index (χ1n) is 9.21. The zero-order valence-corrected chi connectivity index (χ0v) is 16.7. The summed E-state index contributed by atoms with van der Waals surface area (Å²) in [6, 6.07) is 5.25. The van der Waals surface area contributed by atoms with Crippen LogP contribution in [0.15, 0.2) is 29.1 Å². The molecule has 0 radical (unpaired) electrons. The molecule has 2 N–H and O–H groups in total. The number of ether oxygens (including phenoxy) is 1. The van der Waals surface area contributed by atoms with Gasteiger partial charge in [-0.1, -0.05) is 12.1 Å². The fraction of sp³-hybridized carbons (Fsp3) is 0.350. The minimum atomic E-state index is -4.75. The lowest BCUT2D eigenvalue weighted by atomic mass is 10.0. The number of nitrogens with zero attached hydrogens (tertiary/aromatic N) is 2. The fourth-order valence-corrected chi connectivity index (χ4v) is 3.39. The molecule has 0 unspecified atom stereocenters. The molecule has 1 amide bonds. The van der Waals surface area contributed by atoms with E-state index in [2.05, 4.69) is 20.1 Å². The average molecular weight is 422 g/mol. The highest BCUT2D eigenvalue weighted by Crippen LogP contribution is 2.23. The molecule has 0 saturated carbocycles. The summed E-state index contributed by atoms with van der Waals surface area (Å²) < 4.78 is 42.0. The van der Waals surface area contributed by atoms with Crippen molar-refractivity contribution >= 4 is 16.9 Å². The molecule has 30 heavy (non-hydrogen) atoms. The van der Waals surface area contributed by atoms with E-state index in [-0.39, 0.29) is 36.6 Å². The number of carbonyl (C=O) groups excluding carboxylic acids is 1. The van der Waals surface area contributed by atoms with E-state index >= 15 is 0 Å². The number of carbonyl (C=O) groups is 1. The maximum absolute atomic E-state index is 12.4. The van der Waals surface area contributed by atoms with Crippen molar-refractivity contribution in [3.8, 4) is 5.75 Å². The smallest absolute Gasteiger partial charge is 0.406 e. The van der Waals surface area contributed by atoms with Crippen LogP contribution >= 0.6 is 0 Å². The minimum absolute atomic E-state index is 0.101. The minimum Gasteiger partial charge on any atom is -0.406 e. The number of rotatable bonds is 6. The summed E-state index contributed by atoms with van der Waals surface area (Å²) >= 11 is 0. The molecule has 0 aliphatic rings. The third-order valence-corrected chi connectivity index (χ3v) is 4.80. The van der Waals surface area contributed by atoms with E-state index in [1.165, 1.54) is 24.3 Å². The number of benzene rings is 1. The number of amides is 1. The second-order valence-electron chi connectivity index (χ2n) is 6.96. The van der Waals surface area contributed by atoms with Crippen LogP contribution < -0.4 is 15.6 Å². The van der Waals surface area contributed by atoms with E-state index in [0.717, 1.165) is 16.6 Å². The molecule has 0 fully saturated rings. The van der Waals surface area contributed by atoms with Gasteiger partial charge in [-0.2, -0.15) is 5.10 Å². The largest absolute Gasteiger partial charge is 0.573 e. The Bertz CT molecular complexity index is 1130. The zero-order valence-electron chi connectivity index (χ0n) is 16.7. The van der Waals surface area contributed by atoms with Gasteiger partial charge in [-0.25, -0.2) is 0 Å². The zero-order chi connectivity index (χ0) is 22.1. The van der Waals surface area contributed by atoms with Crippen LogP contribution in [0.4, 0.5) is 13.2 Å². The number of hydrogen-bond acceptors (Lipinski definition) is 4. The van der Waals surface area contributed by atoms with Gasteiger partial charge in [0.2, 0.25) is 5.91 Å². The first kappa shape index (κ1) is 21.4. The van der Waals surface area contributed by atoms with Gasteiger partial charge in [-0.15, -0.1) is 13.2 Å². The van der Waals surface area contributed by atoms with Gasteiger partial charge in [0.05, 0.1) is 5.69 Å². The first-order chi connectivity index (χ1) is 14.0. The molecule has 0 atom stereocenters. The Morgan fingerprint density at radius 3 is 2.53 bits per heavy atom. The molecule has 0 saturated heterocycles. The lowest BCUT2D eigenvalue weighted by molar-refractivity contribution is -0.274. The summed E-state index contributed by atoms with van der Waals surface area (Å²) in [4.78, 5) is 27.4. The van der Waals surface area contributed by atoms with Crippen LogP contribution in [0, 0.1) is 13.8 Å². The number of halogens is 3. The molecule has 0 aliphatic heterocycles. The van der Waals surface area contributed by atoms with E-state index in [1.54, 1.807) is 11.7 Å². The Morgan fingerprint density at radius 1 is 1.23 bits per heavy atom. The number of pyridine rings is 1. The summed E-state index contributed by atoms with van der Waals surface area (Å²) in [5.41, 5.74) is 3.14. The predicted molar refractivity (Wildman–Crippen MR) is 104 cm³/mol. The number of hydrogen-bond donors (Lipinski definition) is 2. The average Bonchev–Trinajstić information content (AvgIpc) is 2.93. The Kier molecular flexibility index (Phi) is 5.86. The summed E-state index contributed by atoms with van der Waals surface area (Å²) in [5, 5.41) is 7.88. The summed E-state index contributed by atoms with van der Waals surface area (Å²) in [6.07, 6.45) is -4.39. The van der Waals surface area contributed by atoms with Gasteiger partial charge in [-0.05, 0) is 43.5 Å². The van der Waals surface area contributed by atoms with Gasteiger partial charge < -0.3 is 15.0 Å². The molecule has 0 spiro atoms. The molecule has 3 aromatic rings. The number of nitrogens with one attached hydrogen (secondary N) is 2. The molecule has 7 nitrogen and oxygen atoms in total. The Morgan fingerprint density at radius 2 is 1.90 bits per heavy atom. The number of aromatic nitrogens is 3. The third kappa shape index (κ3) is 4.81. The van der Waals surface area contributed by atoms with Crippen LogP contribution in [0.1, 0.15) is 28.8 Å². The lowest BCUT2D eigenvalue weighted by Gasteiger charge is -2.10. The number of alkyl halides is 3. The van der Waals surface area contributed by atoms with Gasteiger partial charge in [0.1, 0.15) is 11.4 Å². The number of aromatic amines is 1. The molecule has 1 aromatic carbocycles. The van der Waals surface area contributed by atoms with Gasteiger partial charge in [0, 0.05) is 31.0 Å². The van der Waals surface area contributed by atoms with E-state index in [1.807, 2.05) is 13.8 Å².